The topological polar surface area (TPSA) is 59.3 Å². The molecular formula is C16H14BrNO3S. The fourth-order valence-corrected chi connectivity index (χ4v) is 4.19. The Morgan fingerprint density at radius 2 is 1.82 bits per heavy atom. The number of hydrogen-bond acceptors (Lipinski definition) is 3. The zero-order valence-corrected chi connectivity index (χ0v) is 14.2. The lowest BCUT2D eigenvalue weighted by Gasteiger charge is -2.07. The zero-order chi connectivity index (χ0) is 15.9. The highest BCUT2D eigenvalue weighted by atomic mass is 79.9. The highest BCUT2D eigenvalue weighted by Gasteiger charge is 2.22. The maximum Gasteiger partial charge on any atom is 0.268 e. The molecule has 0 radical (unpaired) electrons. The Hall–Kier alpha value is -1.63. The van der Waals surface area contributed by atoms with Gasteiger partial charge in [0.15, 0.2) is 0 Å². The number of aromatic nitrogens is 1. The first-order valence-corrected chi connectivity index (χ1v) is 8.94. The number of hydrogen-bond donors (Lipinski definition) is 1. The highest BCUT2D eigenvalue weighted by molar-refractivity contribution is 9.10. The summed E-state index contributed by atoms with van der Waals surface area (Å²) < 4.78 is 27.7. The molecule has 114 valence electrons. The van der Waals surface area contributed by atoms with E-state index in [0.717, 1.165) is 4.47 Å². The lowest BCUT2D eigenvalue weighted by atomic mass is 10.1. The minimum absolute atomic E-state index is 0.215. The van der Waals surface area contributed by atoms with Gasteiger partial charge in [-0.2, -0.15) is 0 Å². The number of fused-ring (bicyclic) bond motifs is 1. The molecular weight excluding hydrogens is 366 g/mol. The third-order valence-corrected chi connectivity index (χ3v) is 5.69. The van der Waals surface area contributed by atoms with Crippen molar-refractivity contribution in [2.24, 2.45) is 0 Å². The van der Waals surface area contributed by atoms with Crippen molar-refractivity contribution in [3.8, 4) is 0 Å². The molecule has 3 aromatic rings. The van der Waals surface area contributed by atoms with E-state index in [4.69, 9.17) is 0 Å². The second-order valence-electron chi connectivity index (χ2n) is 5.04. The molecule has 0 amide bonds. The van der Waals surface area contributed by atoms with Crippen molar-refractivity contribution in [1.82, 2.24) is 3.97 Å². The maximum atomic E-state index is 12.8. The van der Waals surface area contributed by atoms with Gasteiger partial charge >= 0.3 is 0 Å². The number of nitrogens with zero attached hydrogens (tertiary/aromatic N) is 1. The number of aliphatic hydroxyl groups excluding tert-OH is 1. The van der Waals surface area contributed by atoms with Gasteiger partial charge in [0.05, 0.1) is 16.5 Å². The summed E-state index contributed by atoms with van der Waals surface area (Å²) in [6.45, 7) is 1.62. The van der Waals surface area contributed by atoms with Gasteiger partial charge in [-0.1, -0.05) is 34.1 Å². The highest BCUT2D eigenvalue weighted by Crippen LogP contribution is 2.31. The van der Waals surface area contributed by atoms with Crippen LogP contribution in [-0.2, 0) is 10.0 Å². The van der Waals surface area contributed by atoms with Gasteiger partial charge in [-0.05, 0) is 37.3 Å². The fourth-order valence-electron chi connectivity index (χ4n) is 2.43. The molecule has 1 heterocycles. The average molecular weight is 380 g/mol. The number of rotatable bonds is 3. The Kier molecular flexibility index (Phi) is 3.84. The second-order valence-corrected chi connectivity index (χ2v) is 7.77. The van der Waals surface area contributed by atoms with Crippen molar-refractivity contribution in [3.05, 3.63) is 64.8 Å². The standard InChI is InChI=1S/C16H14BrNO3S/c1-11(19)15-10-18(16-8-7-12(17)9-14(15)16)22(20,21)13-5-3-2-4-6-13/h2-11,19H,1H3. The molecule has 0 fully saturated rings. The Labute approximate surface area is 137 Å². The molecule has 1 unspecified atom stereocenters. The Bertz CT molecular complexity index is 931. The van der Waals surface area contributed by atoms with Crippen LogP contribution >= 0.6 is 15.9 Å². The first-order chi connectivity index (χ1) is 10.4. The Balaban J connectivity index is 2.33. The third kappa shape index (κ3) is 2.47. The summed E-state index contributed by atoms with van der Waals surface area (Å²) in [6.07, 6.45) is 0.730. The summed E-state index contributed by atoms with van der Waals surface area (Å²) in [5.74, 6) is 0. The molecule has 0 saturated heterocycles. The molecule has 1 N–H and O–H groups in total. The molecule has 22 heavy (non-hydrogen) atoms. The van der Waals surface area contributed by atoms with Crippen LogP contribution < -0.4 is 0 Å². The first-order valence-electron chi connectivity index (χ1n) is 6.70. The summed E-state index contributed by atoms with van der Waals surface area (Å²) in [4.78, 5) is 0.215. The van der Waals surface area contributed by atoms with Crippen LogP contribution in [0.5, 0.6) is 0 Å². The molecule has 0 bridgehead atoms. The predicted octanol–water partition coefficient (Wildman–Crippen LogP) is 3.69. The predicted molar refractivity (Wildman–Crippen MR) is 89.3 cm³/mol. The SMILES string of the molecule is CC(O)c1cn(S(=O)(=O)c2ccccc2)c2ccc(Br)cc12. The van der Waals surface area contributed by atoms with Gasteiger partial charge in [0, 0.05) is 21.6 Å². The number of benzene rings is 2. The Morgan fingerprint density at radius 3 is 2.45 bits per heavy atom. The minimum Gasteiger partial charge on any atom is -0.389 e. The van der Waals surface area contributed by atoms with Crippen molar-refractivity contribution in [2.45, 2.75) is 17.9 Å². The quantitative estimate of drug-likeness (QED) is 0.754. The molecule has 0 aliphatic rings. The monoisotopic (exact) mass is 379 g/mol. The molecule has 1 aromatic heterocycles. The van der Waals surface area contributed by atoms with Crippen LogP contribution in [-0.4, -0.2) is 17.5 Å². The van der Waals surface area contributed by atoms with E-state index < -0.39 is 16.1 Å². The zero-order valence-electron chi connectivity index (χ0n) is 11.8. The summed E-state index contributed by atoms with van der Waals surface area (Å²) in [6, 6.07) is 13.6. The van der Waals surface area contributed by atoms with Crippen LogP contribution in [0.2, 0.25) is 0 Å². The van der Waals surface area contributed by atoms with Gasteiger partial charge in [-0.15, -0.1) is 0 Å². The third-order valence-electron chi connectivity index (χ3n) is 3.51. The van der Waals surface area contributed by atoms with Crippen molar-refractivity contribution in [1.29, 1.82) is 0 Å². The molecule has 0 spiro atoms. The van der Waals surface area contributed by atoms with Gasteiger partial charge in [0.2, 0.25) is 0 Å². The van der Waals surface area contributed by atoms with Gasteiger partial charge in [-0.25, -0.2) is 12.4 Å². The molecule has 2 aromatic carbocycles. The maximum absolute atomic E-state index is 12.8. The molecule has 6 heteroatoms. The molecule has 0 aliphatic carbocycles. The molecule has 0 saturated carbocycles. The van der Waals surface area contributed by atoms with E-state index in [1.165, 1.54) is 10.2 Å². The van der Waals surface area contributed by atoms with E-state index in [9.17, 15) is 13.5 Å². The van der Waals surface area contributed by atoms with Crippen LogP contribution in [0.1, 0.15) is 18.6 Å². The minimum atomic E-state index is -3.70. The van der Waals surface area contributed by atoms with E-state index in [1.807, 2.05) is 6.07 Å². The summed E-state index contributed by atoms with van der Waals surface area (Å²) in [7, 11) is -3.70. The first kappa shape index (κ1) is 15.3. The molecule has 4 nitrogen and oxygen atoms in total. The summed E-state index contributed by atoms with van der Waals surface area (Å²) in [5, 5.41) is 10.7. The van der Waals surface area contributed by atoms with Crippen molar-refractivity contribution < 1.29 is 13.5 Å². The van der Waals surface area contributed by atoms with Gasteiger partial charge in [0.1, 0.15) is 0 Å². The van der Waals surface area contributed by atoms with E-state index in [1.54, 1.807) is 49.4 Å². The van der Waals surface area contributed by atoms with Crippen LogP contribution in [0.4, 0.5) is 0 Å². The van der Waals surface area contributed by atoms with Gasteiger partial charge < -0.3 is 5.11 Å². The average Bonchev–Trinajstić information content (AvgIpc) is 2.87. The van der Waals surface area contributed by atoms with E-state index >= 15 is 0 Å². The second kappa shape index (κ2) is 5.53. The van der Waals surface area contributed by atoms with Crippen LogP contribution in [0.25, 0.3) is 10.9 Å². The number of halogens is 1. The molecule has 3 rings (SSSR count). The smallest absolute Gasteiger partial charge is 0.268 e. The summed E-state index contributed by atoms with van der Waals surface area (Å²) in [5.41, 5.74) is 1.12. The number of aliphatic hydroxyl groups is 1. The largest absolute Gasteiger partial charge is 0.389 e. The van der Waals surface area contributed by atoms with E-state index in [0.29, 0.717) is 16.5 Å². The van der Waals surface area contributed by atoms with E-state index in [2.05, 4.69) is 15.9 Å². The normalized spacial score (nSPS) is 13.4. The lowest BCUT2D eigenvalue weighted by molar-refractivity contribution is 0.201. The van der Waals surface area contributed by atoms with Gasteiger partial charge in [0.25, 0.3) is 10.0 Å². The van der Waals surface area contributed by atoms with E-state index in [-0.39, 0.29) is 4.90 Å². The lowest BCUT2D eigenvalue weighted by Crippen LogP contribution is -2.11. The van der Waals surface area contributed by atoms with Crippen molar-refractivity contribution in [3.63, 3.8) is 0 Å². The van der Waals surface area contributed by atoms with Crippen LogP contribution in [0.3, 0.4) is 0 Å². The Morgan fingerprint density at radius 1 is 1.14 bits per heavy atom. The van der Waals surface area contributed by atoms with Crippen molar-refractivity contribution >= 4 is 36.9 Å². The molecule has 0 aliphatic heterocycles. The molecule has 1 atom stereocenters. The van der Waals surface area contributed by atoms with Crippen LogP contribution in [0.15, 0.2) is 64.1 Å². The van der Waals surface area contributed by atoms with Crippen molar-refractivity contribution in [2.75, 3.05) is 0 Å². The van der Waals surface area contributed by atoms with Crippen LogP contribution in [0, 0.1) is 0 Å². The fraction of sp³-hybridized carbons (Fsp3) is 0.125. The van der Waals surface area contributed by atoms with Gasteiger partial charge in [-0.3, -0.25) is 0 Å². The summed E-state index contributed by atoms with van der Waals surface area (Å²) >= 11 is 3.38.